The lowest BCUT2D eigenvalue weighted by atomic mass is 9.39. The molecule has 11 aromatic rings. The van der Waals surface area contributed by atoms with Crippen molar-refractivity contribution < 1.29 is 0 Å². The maximum atomic E-state index is 2.62. The summed E-state index contributed by atoms with van der Waals surface area (Å²) < 4.78 is 8.16. The number of benzene rings is 7. The second kappa shape index (κ2) is 14.5. The third-order valence-electron chi connectivity index (χ3n) is 13.8. The zero-order valence-corrected chi connectivity index (χ0v) is 41.4. The fourth-order valence-electron chi connectivity index (χ4n) is 10.4. The van der Waals surface area contributed by atoms with Gasteiger partial charge in [-0.25, -0.2) is 0 Å². The van der Waals surface area contributed by atoms with Crippen LogP contribution < -0.4 is 24.8 Å². The van der Waals surface area contributed by atoms with Crippen LogP contribution in [0.25, 0.3) is 61.2 Å². The summed E-state index contributed by atoms with van der Waals surface area (Å²) in [5, 5.41) is 5.27. The molecule has 0 bridgehead atoms. The monoisotopic (exact) mass is 922 g/mol. The molecule has 2 nitrogen and oxygen atoms in total. The van der Waals surface area contributed by atoms with Crippen LogP contribution in [-0.4, -0.2) is 6.71 Å². The number of hydrogen-bond acceptors (Lipinski definition) is 6. The van der Waals surface area contributed by atoms with E-state index in [0.717, 1.165) is 0 Å². The lowest BCUT2D eigenvalue weighted by molar-refractivity contribution is 0.591. The summed E-state index contributed by atoms with van der Waals surface area (Å²) in [6.07, 6.45) is 0. The van der Waals surface area contributed by atoms with Gasteiger partial charge in [0.1, 0.15) is 0 Å². The predicted octanol–water partition coefficient (Wildman–Crippen LogP) is 16.9. The van der Waals surface area contributed by atoms with Crippen molar-refractivity contribution in [2.75, 3.05) is 9.80 Å². The number of thiophene rings is 4. The van der Waals surface area contributed by atoms with Crippen LogP contribution in [0.2, 0.25) is 0 Å². The molecule has 4 aromatic heterocycles. The van der Waals surface area contributed by atoms with Crippen molar-refractivity contribution >= 4 is 142 Å². The Labute approximate surface area is 403 Å². The van der Waals surface area contributed by atoms with Crippen molar-refractivity contribution in [3.05, 3.63) is 174 Å². The van der Waals surface area contributed by atoms with E-state index < -0.39 is 0 Å². The molecule has 0 amide bonds. The Kier molecular flexibility index (Phi) is 8.87. The van der Waals surface area contributed by atoms with Gasteiger partial charge < -0.3 is 9.80 Å². The minimum absolute atomic E-state index is 0.0112. The number of nitrogens with zero attached hydrogens (tertiary/aromatic N) is 2. The average Bonchev–Trinajstić information content (AvgIpc) is 4.11. The van der Waals surface area contributed by atoms with E-state index in [1.807, 2.05) is 45.3 Å². The molecule has 66 heavy (non-hydrogen) atoms. The van der Waals surface area contributed by atoms with Gasteiger partial charge in [0.05, 0.1) is 11.4 Å². The molecule has 0 fully saturated rings. The lowest BCUT2D eigenvalue weighted by Crippen LogP contribution is -2.59. The Balaban J connectivity index is 1.06. The highest BCUT2D eigenvalue weighted by molar-refractivity contribution is 7.40. The van der Waals surface area contributed by atoms with Crippen molar-refractivity contribution in [2.24, 2.45) is 0 Å². The number of rotatable bonds is 4. The molecule has 2 aliphatic heterocycles. The molecule has 0 unspecified atom stereocenters. The summed E-state index contributed by atoms with van der Waals surface area (Å²) in [5.41, 5.74) is 15.4. The highest BCUT2D eigenvalue weighted by atomic mass is 32.1. The zero-order chi connectivity index (χ0) is 44.8. The van der Waals surface area contributed by atoms with E-state index in [1.54, 1.807) is 0 Å². The van der Waals surface area contributed by atoms with Gasteiger partial charge in [0.25, 0.3) is 6.71 Å². The first kappa shape index (κ1) is 40.3. The van der Waals surface area contributed by atoms with Crippen molar-refractivity contribution in [1.29, 1.82) is 0 Å². The minimum atomic E-state index is 0.0112. The molecular weight excluding hydrogens is 876 g/mol. The molecule has 0 saturated carbocycles. The third kappa shape index (κ3) is 6.24. The Morgan fingerprint density at radius 2 is 0.848 bits per heavy atom. The molecule has 0 spiro atoms. The van der Waals surface area contributed by atoms with Crippen LogP contribution in [0.4, 0.5) is 34.1 Å². The van der Waals surface area contributed by atoms with E-state index in [2.05, 4.69) is 216 Å². The van der Waals surface area contributed by atoms with Crippen molar-refractivity contribution in [3.8, 4) is 20.9 Å². The molecule has 0 radical (unpaired) electrons. The van der Waals surface area contributed by atoms with Crippen LogP contribution in [0.15, 0.2) is 158 Å². The standard InChI is InChI=1S/C59H47BN2S4/c1-34-28-45-53-46(29-34)62(42-24-18-36(19-25-42)52-31-38-13-9-11-15-48(38)64-52)55-44-33-40(59(5,6)7)21-27-50(44)66-57(55)60(53)56-54(43-32-39(58(2,3)4)20-26-49(43)65-56)61(45)41-22-16-35(17-23-41)51-30-37-12-8-10-14-47(37)63-51/h8-33H,1-7H3. The largest absolute Gasteiger partial charge is 0.310 e. The van der Waals surface area contributed by atoms with Gasteiger partial charge >= 0.3 is 0 Å². The van der Waals surface area contributed by atoms with E-state index in [-0.39, 0.29) is 17.5 Å². The predicted molar refractivity (Wildman–Crippen MR) is 295 cm³/mol. The summed E-state index contributed by atoms with van der Waals surface area (Å²) in [7, 11) is 0. The van der Waals surface area contributed by atoms with E-state index in [9.17, 15) is 0 Å². The summed E-state index contributed by atoms with van der Waals surface area (Å²) in [6, 6.07) is 60.4. The first-order chi connectivity index (χ1) is 31.9. The van der Waals surface area contributed by atoms with Gasteiger partial charge in [-0.05, 0) is 147 Å². The molecule has 6 heterocycles. The van der Waals surface area contributed by atoms with Gasteiger partial charge in [-0.2, -0.15) is 0 Å². The summed E-state index contributed by atoms with van der Waals surface area (Å²) >= 11 is 7.72. The highest BCUT2D eigenvalue weighted by Gasteiger charge is 2.47. The van der Waals surface area contributed by atoms with Gasteiger partial charge in [0.15, 0.2) is 0 Å². The Morgan fingerprint density at radius 1 is 0.424 bits per heavy atom. The Hall–Kier alpha value is -5.96. The molecule has 7 aromatic carbocycles. The Bertz CT molecular complexity index is 3450. The van der Waals surface area contributed by atoms with Gasteiger partial charge in [-0.15, -0.1) is 45.3 Å². The molecule has 7 heteroatoms. The fourth-order valence-corrected chi connectivity index (χ4v) is 15.2. The number of fused-ring (bicyclic) bond motifs is 10. The van der Waals surface area contributed by atoms with Gasteiger partial charge in [-0.1, -0.05) is 114 Å². The van der Waals surface area contributed by atoms with E-state index >= 15 is 0 Å². The molecule has 0 aliphatic carbocycles. The van der Waals surface area contributed by atoms with E-state index in [1.165, 1.54) is 127 Å². The van der Waals surface area contributed by atoms with E-state index in [0.29, 0.717) is 0 Å². The summed E-state index contributed by atoms with van der Waals surface area (Å²) in [6.45, 7) is 16.4. The molecule has 0 atom stereocenters. The van der Waals surface area contributed by atoms with Gasteiger partial charge in [0.2, 0.25) is 0 Å². The first-order valence-electron chi connectivity index (χ1n) is 22.9. The highest BCUT2D eigenvalue weighted by Crippen LogP contribution is 2.52. The van der Waals surface area contributed by atoms with Crippen LogP contribution in [0.3, 0.4) is 0 Å². The number of hydrogen-bond donors (Lipinski definition) is 0. The molecule has 2 aliphatic rings. The van der Waals surface area contributed by atoms with Crippen LogP contribution in [-0.2, 0) is 10.8 Å². The molecule has 13 rings (SSSR count). The SMILES string of the molecule is Cc1cc2c3c(c1)N(c1ccc(-c4cc5ccccc5s4)cc1)c1c(sc4ccc(C(C)(C)C)cc14)B3c1sc3ccc(C(C)(C)C)cc3c1N2c1ccc(-c2cc3ccccc3s2)cc1. The maximum absolute atomic E-state index is 2.62. The normalized spacial score (nSPS) is 13.6. The second-order valence-electron chi connectivity index (χ2n) is 20.3. The van der Waals surface area contributed by atoms with Crippen molar-refractivity contribution in [2.45, 2.75) is 59.3 Å². The van der Waals surface area contributed by atoms with Crippen molar-refractivity contribution in [3.63, 3.8) is 0 Å². The van der Waals surface area contributed by atoms with Crippen LogP contribution in [0.1, 0.15) is 58.2 Å². The van der Waals surface area contributed by atoms with Crippen LogP contribution >= 0.6 is 45.3 Å². The lowest BCUT2D eigenvalue weighted by Gasteiger charge is -2.42. The molecular formula is C59H47BN2S4. The van der Waals surface area contributed by atoms with Crippen LogP contribution in [0, 0.1) is 6.92 Å². The second-order valence-corrected chi connectivity index (χ2v) is 24.6. The molecule has 0 N–H and O–H groups in total. The van der Waals surface area contributed by atoms with Crippen LogP contribution in [0.5, 0.6) is 0 Å². The Morgan fingerprint density at radius 3 is 1.26 bits per heavy atom. The first-order valence-corrected chi connectivity index (χ1v) is 26.2. The summed E-state index contributed by atoms with van der Waals surface area (Å²) in [5.74, 6) is 0. The third-order valence-corrected chi connectivity index (χ3v) is 18.6. The maximum Gasteiger partial charge on any atom is 0.277 e. The summed E-state index contributed by atoms with van der Waals surface area (Å²) in [4.78, 5) is 7.84. The topological polar surface area (TPSA) is 6.48 Å². The quantitative estimate of drug-likeness (QED) is 0.162. The number of anilines is 6. The molecule has 320 valence electrons. The fraction of sp³-hybridized carbons (Fsp3) is 0.153. The van der Waals surface area contributed by atoms with Gasteiger partial charge in [-0.3, -0.25) is 0 Å². The van der Waals surface area contributed by atoms with Gasteiger partial charge in [0, 0.05) is 71.6 Å². The van der Waals surface area contributed by atoms with Crippen molar-refractivity contribution in [1.82, 2.24) is 0 Å². The molecule has 0 saturated heterocycles. The smallest absolute Gasteiger partial charge is 0.277 e. The number of aryl methyl sites for hydroxylation is 1. The van der Waals surface area contributed by atoms with E-state index in [4.69, 9.17) is 0 Å². The minimum Gasteiger partial charge on any atom is -0.310 e. The zero-order valence-electron chi connectivity index (χ0n) is 38.1. The average molecular weight is 923 g/mol.